The van der Waals surface area contributed by atoms with Crippen molar-refractivity contribution < 1.29 is 35.9 Å². The standard InChI is InChI=1S/C16H10F6N2O2/c17-9-5-6-11(15(19)14(9)18)24-13(26)7-12(25)23-10-4-2-1-3-8(10)16(20,21)22/h1-6H,7H2,(H,23,25)(H,24,26). The van der Waals surface area contributed by atoms with Gasteiger partial charge in [0.1, 0.15) is 6.42 Å². The zero-order chi connectivity index (χ0) is 19.5. The van der Waals surface area contributed by atoms with Crippen LogP contribution in [0, 0.1) is 17.5 Å². The van der Waals surface area contributed by atoms with E-state index in [0.29, 0.717) is 6.07 Å². The number of rotatable bonds is 4. The number of nitrogens with one attached hydrogen (secondary N) is 2. The van der Waals surface area contributed by atoms with Crippen molar-refractivity contribution >= 4 is 23.2 Å². The van der Waals surface area contributed by atoms with E-state index in [0.717, 1.165) is 24.3 Å². The van der Waals surface area contributed by atoms with E-state index in [2.05, 4.69) is 0 Å². The molecule has 4 nitrogen and oxygen atoms in total. The first-order valence-electron chi connectivity index (χ1n) is 6.99. The number of para-hydroxylation sites is 1. The van der Waals surface area contributed by atoms with Crippen molar-refractivity contribution in [3.8, 4) is 0 Å². The number of carbonyl (C=O) groups is 2. The second kappa shape index (κ2) is 7.46. The molecule has 0 aliphatic rings. The molecule has 0 fully saturated rings. The second-order valence-corrected chi connectivity index (χ2v) is 5.04. The minimum Gasteiger partial charge on any atom is -0.325 e. The summed E-state index contributed by atoms with van der Waals surface area (Å²) in [7, 11) is 0. The van der Waals surface area contributed by atoms with Gasteiger partial charge in [-0.3, -0.25) is 9.59 Å². The summed E-state index contributed by atoms with van der Waals surface area (Å²) in [6, 6.07) is 5.41. The summed E-state index contributed by atoms with van der Waals surface area (Å²) < 4.78 is 77.8. The number of amides is 2. The van der Waals surface area contributed by atoms with Crippen LogP contribution >= 0.6 is 0 Å². The van der Waals surface area contributed by atoms with Crippen molar-refractivity contribution in [3.05, 3.63) is 59.4 Å². The fourth-order valence-corrected chi connectivity index (χ4v) is 2.00. The molecule has 0 saturated carbocycles. The lowest BCUT2D eigenvalue weighted by Gasteiger charge is -2.13. The number of alkyl halides is 3. The molecule has 0 aliphatic carbocycles. The van der Waals surface area contributed by atoms with Crippen LogP contribution in [0.1, 0.15) is 12.0 Å². The summed E-state index contributed by atoms with van der Waals surface area (Å²) in [5.41, 5.74) is -2.38. The lowest BCUT2D eigenvalue weighted by Crippen LogP contribution is -2.23. The SMILES string of the molecule is O=C(CC(=O)Nc1ccc(F)c(F)c1F)Nc1ccccc1C(F)(F)F. The van der Waals surface area contributed by atoms with Crippen LogP contribution in [0.4, 0.5) is 37.7 Å². The molecule has 2 aromatic carbocycles. The van der Waals surface area contributed by atoms with E-state index in [9.17, 15) is 35.9 Å². The minimum absolute atomic E-state index is 0.559. The van der Waals surface area contributed by atoms with E-state index in [4.69, 9.17) is 0 Å². The Bertz CT molecular complexity index is 851. The number of carbonyl (C=O) groups excluding carboxylic acids is 2. The van der Waals surface area contributed by atoms with E-state index in [-0.39, 0.29) is 0 Å². The highest BCUT2D eigenvalue weighted by molar-refractivity contribution is 6.08. The number of halogens is 6. The highest BCUT2D eigenvalue weighted by Crippen LogP contribution is 2.34. The maximum atomic E-state index is 13.4. The molecule has 2 rings (SSSR count). The molecule has 0 bridgehead atoms. The van der Waals surface area contributed by atoms with Gasteiger partial charge in [0.15, 0.2) is 17.5 Å². The van der Waals surface area contributed by atoms with Gasteiger partial charge in [0.25, 0.3) is 0 Å². The Morgan fingerprint density at radius 2 is 1.38 bits per heavy atom. The molecule has 0 saturated heterocycles. The molecule has 0 aromatic heterocycles. The molecule has 0 unspecified atom stereocenters. The molecular formula is C16H10F6N2O2. The number of hydrogen-bond donors (Lipinski definition) is 2. The average molecular weight is 376 g/mol. The molecule has 138 valence electrons. The summed E-state index contributed by atoms with van der Waals surface area (Å²) in [6.45, 7) is 0. The first-order chi connectivity index (χ1) is 12.1. The fraction of sp³-hybridized carbons (Fsp3) is 0.125. The predicted octanol–water partition coefficient (Wildman–Crippen LogP) is 4.09. The van der Waals surface area contributed by atoms with Crippen molar-refractivity contribution in [2.24, 2.45) is 0 Å². The highest BCUT2D eigenvalue weighted by atomic mass is 19.4. The van der Waals surface area contributed by atoms with Crippen LogP contribution in [-0.4, -0.2) is 11.8 Å². The molecule has 26 heavy (non-hydrogen) atoms. The van der Waals surface area contributed by atoms with Crippen LogP contribution < -0.4 is 10.6 Å². The normalized spacial score (nSPS) is 11.2. The third-order valence-corrected chi connectivity index (χ3v) is 3.14. The van der Waals surface area contributed by atoms with E-state index in [1.165, 1.54) is 6.07 Å². The van der Waals surface area contributed by atoms with Gasteiger partial charge >= 0.3 is 6.18 Å². The summed E-state index contributed by atoms with van der Waals surface area (Å²) in [5.74, 6) is -7.19. The Kier molecular flexibility index (Phi) is 5.53. The third-order valence-electron chi connectivity index (χ3n) is 3.14. The van der Waals surface area contributed by atoms with E-state index in [1.807, 2.05) is 10.6 Å². The largest absolute Gasteiger partial charge is 0.418 e. The molecule has 2 N–H and O–H groups in total. The maximum absolute atomic E-state index is 13.4. The first-order valence-corrected chi connectivity index (χ1v) is 6.99. The number of hydrogen-bond acceptors (Lipinski definition) is 2. The fourth-order valence-electron chi connectivity index (χ4n) is 2.00. The predicted molar refractivity (Wildman–Crippen MR) is 79.6 cm³/mol. The van der Waals surface area contributed by atoms with Crippen molar-refractivity contribution in [1.29, 1.82) is 0 Å². The van der Waals surface area contributed by atoms with Crippen LogP contribution in [0.25, 0.3) is 0 Å². The molecule has 2 amide bonds. The Balaban J connectivity index is 2.05. The van der Waals surface area contributed by atoms with Crippen LogP contribution in [0.15, 0.2) is 36.4 Å². The van der Waals surface area contributed by atoms with Gasteiger partial charge in [0.05, 0.1) is 16.9 Å². The Hall–Kier alpha value is -3.04. The van der Waals surface area contributed by atoms with Crippen molar-refractivity contribution in [2.45, 2.75) is 12.6 Å². The number of benzene rings is 2. The summed E-state index contributed by atoms with van der Waals surface area (Å²) in [6.07, 6.45) is -5.69. The summed E-state index contributed by atoms with van der Waals surface area (Å²) in [5, 5.41) is 3.76. The smallest absolute Gasteiger partial charge is 0.325 e. The summed E-state index contributed by atoms with van der Waals surface area (Å²) >= 11 is 0. The topological polar surface area (TPSA) is 58.2 Å². The third kappa shape index (κ3) is 4.52. The van der Waals surface area contributed by atoms with Gasteiger partial charge in [-0.1, -0.05) is 12.1 Å². The van der Waals surface area contributed by atoms with Gasteiger partial charge < -0.3 is 10.6 Å². The Morgan fingerprint density at radius 1 is 0.808 bits per heavy atom. The Labute approximate surface area is 142 Å². The highest BCUT2D eigenvalue weighted by Gasteiger charge is 2.33. The lowest BCUT2D eigenvalue weighted by atomic mass is 10.1. The molecule has 10 heteroatoms. The van der Waals surface area contributed by atoms with Gasteiger partial charge in [-0.05, 0) is 24.3 Å². The van der Waals surface area contributed by atoms with Gasteiger partial charge in [-0.25, -0.2) is 13.2 Å². The molecular weight excluding hydrogens is 366 g/mol. The van der Waals surface area contributed by atoms with Crippen LogP contribution in [0.2, 0.25) is 0 Å². The van der Waals surface area contributed by atoms with E-state index >= 15 is 0 Å². The van der Waals surface area contributed by atoms with Gasteiger partial charge in [0, 0.05) is 0 Å². The average Bonchev–Trinajstić information content (AvgIpc) is 2.55. The molecule has 0 radical (unpaired) electrons. The van der Waals surface area contributed by atoms with Crippen molar-refractivity contribution in [3.63, 3.8) is 0 Å². The zero-order valence-corrected chi connectivity index (χ0v) is 12.8. The monoisotopic (exact) mass is 376 g/mol. The number of anilines is 2. The van der Waals surface area contributed by atoms with Gasteiger partial charge in [-0.2, -0.15) is 13.2 Å². The lowest BCUT2D eigenvalue weighted by molar-refractivity contribution is -0.137. The summed E-state index contributed by atoms with van der Waals surface area (Å²) in [4.78, 5) is 23.4. The molecule has 0 atom stereocenters. The van der Waals surface area contributed by atoms with Crippen molar-refractivity contribution in [1.82, 2.24) is 0 Å². The molecule has 0 heterocycles. The Morgan fingerprint density at radius 3 is 2.00 bits per heavy atom. The quantitative estimate of drug-likeness (QED) is 0.480. The molecule has 2 aromatic rings. The van der Waals surface area contributed by atoms with E-state index < -0.39 is 58.8 Å². The van der Waals surface area contributed by atoms with Crippen LogP contribution in [0.3, 0.4) is 0 Å². The molecule has 0 aliphatic heterocycles. The van der Waals surface area contributed by atoms with Gasteiger partial charge in [-0.15, -0.1) is 0 Å². The van der Waals surface area contributed by atoms with Crippen LogP contribution in [-0.2, 0) is 15.8 Å². The first kappa shape index (κ1) is 19.3. The second-order valence-electron chi connectivity index (χ2n) is 5.04. The van der Waals surface area contributed by atoms with Gasteiger partial charge in [0.2, 0.25) is 11.8 Å². The van der Waals surface area contributed by atoms with Crippen molar-refractivity contribution in [2.75, 3.05) is 10.6 Å². The van der Waals surface area contributed by atoms with Crippen LogP contribution in [0.5, 0.6) is 0 Å². The minimum atomic E-state index is -4.72. The van der Waals surface area contributed by atoms with E-state index in [1.54, 1.807) is 0 Å². The maximum Gasteiger partial charge on any atom is 0.418 e. The zero-order valence-electron chi connectivity index (χ0n) is 12.8. The molecule has 0 spiro atoms.